The molecular formula is C14H19BClFN2O2. The summed E-state index contributed by atoms with van der Waals surface area (Å²) in [6, 6.07) is 1.61. The molecule has 1 aliphatic rings. The minimum atomic E-state index is -1.05. The summed E-state index contributed by atoms with van der Waals surface area (Å²) in [5.41, 5.74) is 5.19. The Morgan fingerprint density at radius 1 is 1.29 bits per heavy atom. The van der Waals surface area contributed by atoms with E-state index in [0.717, 1.165) is 0 Å². The molecule has 0 atom stereocenters. The third-order valence-corrected chi connectivity index (χ3v) is 4.47. The van der Waals surface area contributed by atoms with Crippen LogP contribution in [0.2, 0.25) is 5.15 Å². The molecule has 1 aliphatic heterocycles. The molecule has 0 spiro atoms. The van der Waals surface area contributed by atoms with Gasteiger partial charge in [0.2, 0.25) is 0 Å². The van der Waals surface area contributed by atoms with Gasteiger partial charge < -0.3 is 15.0 Å². The molecule has 1 aromatic rings. The van der Waals surface area contributed by atoms with Gasteiger partial charge in [-0.2, -0.15) is 0 Å². The summed E-state index contributed by atoms with van der Waals surface area (Å²) in [5.74, 6) is 0. The molecule has 21 heavy (non-hydrogen) atoms. The van der Waals surface area contributed by atoms with E-state index in [2.05, 4.69) is 4.98 Å². The van der Waals surface area contributed by atoms with Crippen LogP contribution in [0, 0.1) is 0 Å². The highest BCUT2D eigenvalue weighted by atomic mass is 35.5. The van der Waals surface area contributed by atoms with Crippen LogP contribution in [0.5, 0.6) is 0 Å². The maximum Gasteiger partial charge on any atom is 0.525 e. The van der Waals surface area contributed by atoms with E-state index in [0.29, 0.717) is 11.1 Å². The van der Waals surface area contributed by atoms with Crippen molar-refractivity contribution in [2.45, 2.75) is 45.8 Å². The van der Waals surface area contributed by atoms with E-state index in [1.807, 2.05) is 27.7 Å². The third-order valence-electron chi connectivity index (χ3n) is 4.16. The Bertz CT molecular complexity index is 589. The predicted molar refractivity (Wildman–Crippen MR) is 83.4 cm³/mol. The Morgan fingerprint density at radius 2 is 1.81 bits per heavy atom. The number of allylic oxidation sites excluding steroid dienone is 1. The number of nitrogens with two attached hydrogens (primary N) is 1. The third kappa shape index (κ3) is 2.80. The highest BCUT2D eigenvalue weighted by molar-refractivity contribution is 6.55. The Kier molecular flexibility index (Phi) is 4.08. The van der Waals surface area contributed by atoms with Gasteiger partial charge in [-0.15, -0.1) is 0 Å². The first-order valence-corrected chi connectivity index (χ1v) is 7.07. The van der Waals surface area contributed by atoms with Crippen LogP contribution < -0.4 is 5.73 Å². The van der Waals surface area contributed by atoms with Crippen LogP contribution >= 0.6 is 11.6 Å². The summed E-state index contributed by atoms with van der Waals surface area (Å²) >= 11 is 5.87. The van der Waals surface area contributed by atoms with Crippen LogP contribution in [0.3, 0.4) is 0 Å². The monoisotopic (exact) mass is 312 g/mol. The molecule has 4 nitrogen and oxygen atoms in total. The first-order valence-electron chi connectivity index (χ1n) is 6.69. The number of nitrogens with zero attached hydrogens (tertiary/aromatic N) is 1. The van der Waals surface area contributed by atoms with E-state index in [1.165, 1.54) is 6.20 Å². The summed E-state index contributed by atoms with van der Waals surface area (Å²) in [7, 11) is -1.05. The van der Waals surface area contributed by atoms with Gasteiger partial charge in [0.25, 0.3) is 0 Å². The van der Waals surface area contributed by atoms with Crippen molar-refractivity contribution >= 4 is 30.0 Å². The van der Waals surface area contributed by atoms with Crippen molar-refractivity contribution < 1.29 is 13.7 Å². The first kappa shape index (κ1) is 16.3. The normalized spacial score (nSPS) is 21.4. The summed E-state index contributed by atoms with van der Waals surface area (Å²) in [6.07, 6.45) is 1.48. The lowest BCUT2D eigenvalue weighted by atomic mass is 9.83. The molecule has 0 radical (unpaired) electrons. The fraction of sp³-hybridized carbons (Fsp3) is 0.500. The summed E-state index contributed by atoms with van der Waals surface area (Å²) in [6.45, 7) is 9.09. The highest BCUT2D eigenvalue weighted by Gasteiger charge is 2.53. The lowest BCUT2D eigenvalue weighted by Gasteiger charge is -2.32. The van der Waals surface area contributed by atoms with E-state index in [4.69, 9.17) is 26.6 Å². The summed E-state index contributed by atoms with van der Waals surface area (Å²) in [5, 5.41) is 0.147. The Morgan fingerprint density at radius 3 is 2.33 bits per heavy atom. The van der Waals surface area contributed by atoms with Crippen molar-refractivity contribution in [3.05, 3.63) is 28.7 Å². The molecule has 0 unspecified atom stereocenters. The van der Waals surface area contributed by atoms with Crippen LogP contribution in [0.1, 0.15) is 40.2 Å². The number of pyridine rings is 1. The molecule has 0 aromatic carbocycles. The topological polar surface area (TPSA) is 57.4 Å². The van der Waals surface area contributed by atoms with Crippen molar-refractivity contribution in [3.8, 4) is 0 Å². The van der Waals surface area contributed by atoms with Crippen molar-refractivity contribution in [1.29, 1.82) is 0 Å². The standard InChI is InChI=1S/C14H19BClFN2O2/c1-8(9-6-7-19-12(16)10(9)18)11(17)15-20-13(2,3)14(4,5)21-15/h6-7H,18H2,1-5H3. The Labute approximate surface area is 129 Å². The Balaban J connectivity index is 2.39. The quantitative estimate of drug-likeness (QED) is 0.669. The van der Waals surface area contributed by atoms with Gasteiger partial charge in [0.1, 0.15) is 5.73 Å². The molecule has 1 fully saturated rings. The minimum absolute atomic E-state index is 0.147. The van der Waals surface area contributed by atoms with Crippen LogP contribution in [0.25, 0.3) is 5.57 Å². The van der Waals surface area contributed by atoms with E-state index in [9.17, 15) is 4.39 Å². The van der Waals surface area contributed by atoms with Crippen LogP contribution in [-0.4, -0.2) is 23.3 Å². The molecule has 2 heterocycles. The number of hydrogen-bond donors (Lipinski definition) is 1. The van der Waals surface area contributed by atoms with Gasteiger partial charge in [-0.25, -0.2) is 9.37 Å². The first-order chi connectivity index (χ1) is 9.57. The van der Waals surface area contributed by atoms with Gasteiger partial charge in [0.15, 0.2) is 5.15 Å². The summed E-state index contributed by atoms with van der Waals surface area (Å²) in [4.78, 5) is 3.86. The average molecular weight is 313 g/mol. The number of halogens is 2. The van der Waals surface area contributed by atoms with Gasteiger partial charge >= 0.3 is 7.12 Å². The zero-order valence-corrected chi connectivity index (χ0v) is 13.6. The van der Waals surface area contributed by atoms with Crippen molar-refractivity contribution in [2.75, 3.05) is 5.73 Å². The van der Waals surface area contributed by atoms with E-state index in [-0.39, 0.29) is 10.8 Å². The fourth-order valence-electron chi connectivity index (χ4n) is 2.03. The van der Waals surface area contributed by atoms with Gasteiger partial charge in [-0.1, -0.05) is 11.6 Å². The number of rotatable bonds is 2. The number of nitrogen functional groups attached to an aromatic ring is 1. The zero-order chi connectivity index (χ0) is 16.0. The molecule has 1 aromatic heterocycles. The Hall–Kier alpha value is -1.11. The lowest BCUT2D eigenvalue weighted by Crippen LogP contribution is -2.41. The number of hydrogen-bond acceptors (Lipinski definition) is 4. The average Bonchev–Trinajstić information content (AvgIpc) is 2.60. The van der Waals surface area contributed by atoms with Crippen molar-refractivity contribution in [3.63, 3.8) is 0 Å². The molecule has 0 saturated carbocycles. The smallest absolute Gasteiger partial charge is 0.398 e. The summed E-state index contributed by atoms with van der Waals surface area (Å²) < 4.78 is 26.1. The van der Waals surface area contributed by atoms with Crippen molar-refractivity contribution in [1.82, 2.24) is 4.98 Å². The van der Waals surface area contributed by atoms with Gasteiger partial charge in [-0.05, 0) is 46.3 Å². The number of aromatic nitrogens is 1. The van der Waals surface area contributed by atoms with Gasteiger partial charge in [0.05, 0.1) is 16.9 Å². The second kappa shape index (κ2) is 5.27. The van der Waals surface area contributed by atoms with Crippen LogP contribution in [0.4, 0.5) is 10.1 Å². The van der Waals surface area contributed by atoms with E-state index < -0.39 is 24.0 Å². The highest BCUT2D eigenvalue weighted by Crippen LogP contribution is 2.40. The van der Waals surface area contributed by atoms with E-state index >= 15 is 0 Å². The SMILES string of the molecule is CC(=C(F)B1OC(C)(C)C(C)(C)O1)c1ccnc(Cl)c1N. The molecule has 0 bridgehead atoms. The van der Waals surface area contributed by atoms with Gasteiger partial charge in [0, 0.05) is 11.8 Å². The molecule has 114 valence electrons. The van der Waals surface area contributed by atoms with Crippen LogP contribution in [-0.2, 0) is 9.31 Å². The second-order valence-corrected chi connectivity index (χ2v) is 6.48. The zero-order valence-electron chi connectivity index (χ0n) is 12.8. The molecule has 1 saturated heterocycles. The molecule has 2 N–H and O–H groups in total. The molecule has 2 rings (SSSR count). The molecule has 7 heteroatoms. The maximum atomic E-state index is 14.7. The lowest BCUT2D eigenvalue weighted by molar-refractivity contribution is 0.00578. The van der Waals surface area contributed by atoms with Gasteiger partial charge in [-0.3, -0.25) is 0 Å². The maximum absolute atomic E-state index is 14.7. The van der Waals surface area contributed by atoms with Crippen LogP contribution in [0.15, 0.2) is 18.0 Å². The largest absolute Gasteiger partial charge is 0.525 e. The number of anilines is 1. The van der Waals surface area contributed by atoms with Crippen molar-refractivity contribution in [2.24, 2.45) is 0 Å². The minimum Gasteiger partial charge on any atom is -0.398 e. The predicted octanol–water partition coefficient (Wildman–Crippen LogP) is 3.65. The molecular weight excluding hydrogens is 293 g/mol. The second-order valence-electron chi connectivity index (χ2n) is 6.12. The molecule has 0 aliphatic carbocycles. The van der Waals surface area contributed by atoms with E-state index in [1.54, 1.807) is 13.0 Å². The fourth-order valence-corrected chi connectivity index (χ4v) is 2.18. The molecule has 0 amide bonds.